The van der Waals surface area contributed by atoms with Crippen LogP contribution in [0.3, 0.4) is 0 Å². The number of methoxy groups -OCH3 is 1. The number of aryl methyl sites for hydroxylation is 1. The predicted octanol–water partition coefficient (Wildman–Crippen LogP) is 2.82. The SMILES string of the molecule is COc1ccc(/C=C/C(=O)Cc2cc(C)no2)cc1. The molecule has 0 radical (unpaired) electrons. The maximum atomic E-state index is 11.7. The number of hydrogen-bond acceptors (Lipinski definition) is 4. The highest BCUT2D eigenvalue weighted by atomic mass is 16.5. The fourth-order valence-corrected chi connectivity index (χ4v) is 1.63. The van der Waals surface area contributed by atoms with Crippen LogP contribution < -0.4 is 4.74 Å². The van der Waals surface area contributed by atoms with E-state index in [1.54, 1.807) is 25.3 Å². The van der Waals surface area contributed by atoms with Gasteiger partial charge in [0.25, 0.3) is 0 Å². The van der Waals surface area contributed by atoms with Crippen molar-refractivity contribution >= 4 is 11.9 Å². The van der Waals surface area contributed by atoms with Crippen LogP contribution in [0.4, 0.5) is 0 Å². The summed E-state index contributed by atoms with van der Waals surface area (Å²) in [4.78, 5) is 11.7. The summed E-state index contributed by atoms with van der Waals surface area (Å²) in [7, 11) is 1.62. The molecule has 1 aromatic heterocycles. The zero-order valence-electron chi connectivity index (χ0n) is 10.9. The molecule has 0 fully saturated rings. The lowest BCUT2D eigenvalue weighted by Crippen LogP contribution is -1.96. The number of ketones is 1. The van der Waals surface area contributed by atoms with Gasteiger partial charge in [0.2, 0.25) is 0 Å². The largest absolute Gasteiger partial charge is 0.497 e. The van der Waals surface area contributed by atoms with Crippen molar-refractivity contribution in [3.8, 4) is 5.75 Å². The first-order chi connectivity index (χ1) is 9.17. The van der Waals surface area contributed by atoms with E-state index in [9.17, 15) is 4.79 Å². The molecule has 4 heteroatoms. The van der Waals surface area contributed by atoms with Gasteiger partial charge in [0.05, 0.1) is 19.2 Å². The van der Waals surface area contributed by atoms with Crippen LogP contribution in [0, 0.1) is 6.92 Å². The number of carbonyl (C=O) groups is 1. The number of hydrogen-bond donors (Lipinski definition) is 0. The minimum atomic E-state index is -0.0213. The van der Waals surface area contributed by atoms with Crippen molar-refractivity contribution in [2.45, 2.75) is 13.3 Å². The van der Waals surface area contributed by atoms with E-state index in [2.05, 4.69) is 5.16 Å². The van der Waals surface area contributed by atoms with E-state index in [0.29, 0.717) is 5.76 Å². The first-order valence-electron chi connectivity index (χ1n) is 5.94. The van der Waals surface area contributed by atoms with E-state index >= 15 is 0 Å². The second-order valence-corrected chi connectivity index (χ2v) is 4.18. The van der Waals surface area contributed by atoms with Gasteiger partial charge in [0, 0.05) is 6.07 Å². The summed E-state index contributed by atoms with van der Waals surface area (Å²) in [5.41, 5.74) is 1.73. The lowest BCUT2D eigenvalue weighted by atomic mass is 10.1. The Morgan fingerprint density at radius 3 is 2.68 bits per heavy atom. The summed E-state index contributed by atoms with van der Waals surface area (Å²) in [6.07, 6.45) is 3.54. The minimum Gasteiger partial charge on any atom is -0.497 e. The maximum absolute atomic E-state index is 11.7. The number of carbonyl (C=O) groups excluding carboxylic acids is 1. The Kier molecular flexibility index (Phi) is 4.13. The van der Waals surface area contributed by atoms with Crippen molar-refractivity contribution in [3.05, 3.63) is 53.4 Å². The average molecular weight is 257 g/mol. The molecule has 4 nitrogen and oxygen atoms in total. The molecule has 0 aliphatic carbocycles. The summed E-state index contributed by atoms with van der Waals surface area (Å²) in [6.45, 7) is 1.82. The highest BCUT2D eigenvalue weighted by Crippen LogP contribution is 2.12. The third-order valence-electron chi connectivity index (χ3n) is 2.60. The smallest absolute Gasteiger partial charge is 0.163 e. The molecule has 0 saturated carbocycles. The van der Waals surface area contributed by atoms with Crippen molar-refractivity contribution in [1.29, 1.82) is 0 Å². The average Bonchev–Trinajstić information content (AvgIpc) is 2.82. The van der Waals surface area contributed by atoms with Gasteiger partial charge in [-0.1, -0.05) is 23.4 Å². The molecule has 2 rings (SSSR count). The van der Waals surface area contributed by atoms with Gasteiger partial charge in [0.1, 0.15) is 11.5 Å². The van der Waals surface area contributed by atoms with Gasteiger partial charge in [-0.05, 0) is 30.7 Å². The predicted molar refractivity (Wildman–Crippen MR) is 72.0 cm³/mol. The topological polar surface area (TPSA) is 52.3 Å². The second-order valence-electron chi connectivity index (χ2n) is 4.18. The van der Waals surface area contributed by atoms with Crippen LogP contribution in [-0.4, -0.2) is 18.0 Å². The van der Waals surface area contributed by atoms with Crippen LogP contribution in [0.1, 0.15) is 17.0 Å². The Morgan fingerprint density at radius 2 is 2.11 bits per heavy atom. The number of ether oxygens (including phenoxy) is 1. The van der Waals surface area contributed by atoms with Crippen LogP contribution >= 0.6 is 0 Å². The third kappa shape index (κ3) is 3.81. The van der Waals surface area contributed by atoms with E-state index in [0.717, 1.165) is 17.0 Å². The van der Waals surface area contributed by atoms with Gasteiger partial charge in [-0.2, -0.15) is 0 Å². The standard InChI is InChI=1S/C15H15NO3/c1-11-9-15(19-16-11)10-13(17)6-3-12-4-7-14(18-2)8-5-12/h3-9H,10H2,1-2H3/b6-3+. The lowest BCUT2D eigenvalue weighted by Gasteiger charge is -1.98. The van der Waals surface area contributed by atoms with E-state index in [1.165, 1.54) is 0 Å². The minimum absolute atomic E-state index is 0.0213. The zero-order chi connectivity index (χ0) is 13.7. The molecule has 0 spiro atoms. The lowest BCUT2D eigenvalue weighted by molar-refractivity contribution is -0.114. The third-order valence-corrected chi connectivity index (χ3v) is 2.60. The molecule has 0 aliphatic heterocycles. The van der Waals surface area contributed by atoms with Crippen molar-refractivity contribution in [1.82, 2.24) is 5.16 Å². The molecule has 19 heavy (non-hydrogen) atoms. The Balaban J connectivity index is 1.95. The van der Waals surface area contributed by atoms with Crippen LogP contribution in [0.25, 0.3) is 6.08 Å². The summed E-state index contributed by atoms with van der Waals surface area (Å²) in [6, 6.07) is 9.25. The first kappa shape index (κ1) is 13.1. The van der Waals surface area contributed by atoms with Crippen molar-refractivity contribution in [2.75, 3.05) is 7.11 Å². The van der Waals surface area contributed by atoms with Gasteiger partial charge in [0.15, 0.2) is 5.78 Å². The molecule has 0 amide bonds. The Hall–Kier alpha value is -2.36. The molecule has 1 aromatic carbocycles. The molecule has 0 atom stereocenters. The molecule has 1 heterocycles. The number of nitrogens with zero attached hydrogens (tertiary/aromatic N) is 1. The fourth-order valence-electron chi connectivity index (χ4n) is 1.63. The van der Waals surface area contributed by atoms with Crippen molar-refractivity contribution in [3.63, 3.8) is 0 Å². The highest BCUT2D eigenvalue weighted by molar-refractivity contribution is 5.94. The monoisotopic (exact) mass is 257 g/mol. The Morgan fingerprint density at radius 1 is 1.37 bits per heavy atom. The first-order valence-corrected chi connectivity index (χ1v) is 5.94. The van der Waals surface area contributed by atoms with E-state index in [1.807, 2.05) is 31.2 Å². The van der Waals surface area contributed by atoms with E-state index in [-0.39, 0.29) is 12.2 Å². The molecule has 98 valence electrons. The Bertz CT molecular complexity index is 582. The molecular weight excluding hydrogens is 242 g/mol. The van der Waals surface area contributed by atoms with Crippen molar-refractivity contribution in [2.24, 2.45) is 0 Å². The van der Waals surface area contributed by atoms with Crippen LogP contribution in [0.2, 0.25) is 0 Å². The summed E-state index contributed by atoms with van der Waals surface area (Å²) >= 11 is 0. The van der Waals surface area contributed by atoms with Gasteiger partial charge in [-0.25, -0.2) is 0 Å². The maximum Gasteiger partial charge on any atom is 0.163 e. The molecule has 0 aliphatic rings. The zero-order valence-corrected chi connectivity index (χ0v) is 10.9. The Labute approximate surface area is 111 Å². The second kappa shape index (κ2) is 6.00. The van der Waals surface area contributed by atoms with Gasteiger partial charge in [-0.3, -0.25) is 4.79 Å². The van der Waals surface area contributed by atoms with Gasteiger partial charge in [-0.15, -0.1) is 0 Å². The van der Waals surface area contributed by atoms with Gasteiger partial charge >= 0.3 is 0 Å². The van der Waals surface area contributed by atoms with Crippen LogP contribution in [0.5, 0.6) is 5.75 Å². The van der Waals surface area contributed by atoms with E-state index < -0.39 is 0 Å². The highest BCUT2D eigenvalue weighted by Gasteiger charge is 2.05. The molecule has 0 saturated heterocycles. The normalized spacial score (nSPS) is 10.8. The molecule has 0 bridgehead atoms. The summed E-state index contributed by atoms with van der Waals surface area (Å²) in [5, 5.41) is 3.74. The van der Waals surface area contributed by atoms with E-state index in [4.69, 9.17) is 9.26 Å². The number of rotatable bonds is 5. The molecule has 0 unspecified atom stereocenters. The number of aromatic nitrogens is 1. The molecular formula is C15H15NO3. The van der Waals surface area contributed by atoms with Gasteiger partial charge < -0.3 is 9.26 Å². The molecule has 0 N–H and O–H groups in total. The van der Waals surface area contributed by atoms with Crippen LogP contribution in [0.15, 0.2) is 40.9 Å². The van der Waals surface area contributed by atoms with Crippen molar-refractivity contribution < 1.29 is 14.1 Å². The number of benzene rings is 1. The summed E-state index contributed by atoms with van der Waals surface area (Å²) in [5.74, 6) is 1.36. The number of allylic oxidation sites excluding steroid dienone is 1. The van der Waals surface area contributed by atoms with Crippen LogP contribution in [-0.2, 0) is 11.2 Å². The fraction of sp³-hybridized carbons (Fsp3) is 0.200. The quantitative estimate of drug-likeness (QED) is 0.773. The molecule has 2 aromatic rings. The summed E-state index contributed by atoms with van der Waals surface area (Å²) < 4.78 is 10.1.